The standard InChI is InChI=1S/C11H13ClN2O3S2/c1-14(7-9-3-4-10(12)18-9)19(15,16)11-5-2-8(6-13)17-11/h2-5H,6-7,13H2,1H3. The molecule has 104 valence electrons. The first-order valence-corrected chi connectivity index (χ1v) is 8.06. The zero-order valence-corrected chi connectivity index (χ0v) is 12.6. The van der Waals surface area contributed by atoms with Gasteiger partial charge in [0.1, 0.15) is 5.76 Å². The van der Waals surface area contributed by atoms with Gasteiger partial charge in [0.2, 0.25) is 5.09 Å². The van der Waals surface area contributed by atoms with Gasteiger partial charge >= 0.3 is 0 Å². The fourth-order valence-corrected chi connectivity index (χ4v) is 3.79. The molecule has 5 nitrogen and oxygen atoms in total. The Kier molecular flexibility index (Phi) is 4.32. The van der Waals surface area contributed by atoms with Crippen LogP contribution in [0.1, 0.15) is 10.6 Å². The van der Waals surface area contributed by atoms with Crippen molar-refractivity contribution in [2.45, 2.75) is 18.2 Å². The van der Waals surface area contributed by atoms with Crippen LogP contribution in [0.25, 0.3) is 0 Å². The Hall–Kier alpha value is -0.860. The van der Waals surface area contributed by atoms with Crippen LogP contribution in [0.2, 0.25) is 4.34 Å². The molecule has 2 aromatic heterocycles. The van der Waals surface area contributed by atoms with Crippen molar-refractivity contribution < 1.29 is 12.8 Å². The van der Waals surface area contributed by atoms with Gasteiger partial charge in [-0.25, -0.2) is 8.42 Å². The number of furan rings is 1. The van der Waals surface area contributed by atoms with Gasteiger partial charge < -0.3 is 10.2 Å². The molecule has 0 bridgehead atoms. The Bertz CT molecular complexity index is 663. The molecule has 0 fully saturated rings. The van der Waals surface area contributed by atoms with Gasteiger partial charge in [-0.05, 0) is 24.3 Å². The van der Waals surface area contributed by atoms with Crippen molar-refractivity contribution in [3.63, 3.8) is 0 Å². The van der Waals surface area contributed by atoms with Crippen molar-refractivity contribution in [1.29, 1.82) is 0 Å². The van der Waals surface area contributed by atoms with Gasteiger partial charge in [-0.1, -0.05) is 11.6 Å². The zero-order chi connectivity index (χ0) is 14.0. The van der Waals surface area contributed by atoms with E-state index >= 15 is 0 Å². The van der Waals surface area contributed by atoms with Crippen LogP contribution < -0.4 is 5.73 Å². The summed E-state index contributed by atoms with van der Waals surface area (Å²) in [5.41, 5.74) is 5.39. The number of hydrogen-bond donors (Lipinski definition) is 1. The van der Waals surface area contributed by atoms with Crippen molar-refractivity contribution in [3.8, 4) is 0 Å². The number of rotatable bonds is 5. The fraction of sp³-hybridized carbons (Fsp3) is 0.273. The predicted octanol–water partition coefficient (Wildman–Crippen LogP) is 2.27. The van der Waals surface area contributed by atoms with Crippen LogP contribution in [0.3, 0.4) is 0 Å². The van der Waals surface area contributed by atoms with Gasteiger partial charge in [0, 0.05) is 18.5 Å². The van der Waals surface area contributed by atoms with Crippen LogP contribution in [0.4, 0.5) is 0 Å². The fourth-order valence-electron chi connectivity index (χ4n) is 1.50. The van der Waals surface area contributed by atoms with Gasteiger partial charge in [-0.3, -0.25) is 0 Å². The molecule has 0 saturated heterocycles. The van der Waals surface area contributed by atoms with Crippen molar-refractivity contribution in [2.75, 3.05) is 7.05 Å². The van der Waals surface area contributed by atoms with Crippen LogP contribution in [-0.4, -0.2) is 19.8 Å². The lowest BCUT2D eigenvalue weighted by Crippen LogP contribution is -2.25. The molecule has 0 unspecified atom stereocenters. The molecule has 0 aliphatic rings. The highest BCUT2D eigenvalue weighted by Gasteiger charge is 2.24. The van der Waals surface area contributed by atoms with E-state index in [9.17, 15) is 8.42 Å². The molecule has 0 aliphatic carbocycles. The summed E-state index contributed by atoms with van der Waals surface area (Å²) in [6.45, 7) is 0.415. The molecule has 19 heavy (non-hydrogen) atoms. The van der Waals surface area contributed by atoms with Gasteiger partial charge in [0.15, 0.2) is 0 Å². The summed E-state index contributed by atoms with van der Waals surface area (Å²) in [5.74, 6) is 0.436. The highest BCUT2D eigenvalue weighted by atomic mass is 35.5. The molecule has 0 spiro atoms. The molecule has 0 aromatic carbocycles. The summed E-state index contributed by atoms with van der Waals surface area (Å²) >= 11 is 7.16. The van der Waals surface area contributed by atoms with Crippen LogP contribution >= 0.6 is 22.9 Å². The van der Waals surface area contributed by atoms with E-state index in [1.54, 1.807) is 18.2 Å². The number of nitrogens with zero attached hydrogens (tertiary/aromatic N) is 1. The molecule has 2 N–H and O–H groups in total. The lowest BCUT2D eigenvalue weighted by Gasteiger charge is -2.14. The van der Waals surface area contributed by atoms with Gasteiger partial charge in [0.25, 0.3) is 10.0 Å². The number of nitrogens with two attached hydrogens (primary N) is 1. The lowest BCUT2D eigenvalue weighted by atomic mass is 10.5. The van der Waals surface area contributed by atoms with E-state index in [4.69, 9.17) is 21.8 Å². The molecule has 2 heterocycles. The SMILES string of the molecule is CN(Cc1ccc(Cl)s1)S(=O)(=O)c1ccc(CN)o1. The second kappa shape index (κ2) is 5.64. The minimum atomic E-state index is -3.64. The van der Waals surface area contributed by atoms with Gasteiger partial charge in [-0.15, -0.1) is 11.3 Å². The molecule has 0 amide bonds. The number of sulfonamides is 1. The quantitative estimate of drug-likeness (QED) is 0.917. The second-order valence-electron chi connectivity index (χ2n) is 3.89. The van der Waals surface area contributed by atoms with Crippen molar-refractivity contribution in [2.24, 2.45) is 5.73 Å². The summed E-state index contributed by atoms with van der Waals surface area (Å²) in [6, 6.07) is 6.51. The van der Waals surface area contributed by atoms with Crippen molar-refractivity contribution in [3.05, 3.63) is 39.2 Å². The average molecular weight is 321 g/mol. The van der Waals surface area contributed by atoms with Crippen LogP contribution in [0.5, 0.6) is 0 Å². The average Bonchev–Trinajstić information content (AvgIpc) is 2.98. The Morgan fingerprint density at radius 3 is 2.63 bits per heavy atom. The summed E-state index contributed by atoms with van der Waals surface area (Å²) in [5, 5.41) is -0.0990. The van der Waals surface area contributed by atoms with E-state index in [1.807, 2.05) is 0 Å². The third kappa shape index (κ3) is 3.18. The summed E-state index contributed by atoms with van der Waals surface area (Å²) in [6.07, 6.45) is 0. The first kappa shape index (κ1) is 14.5. The Morgan fingerprint density at radius 2 is 2.11 bits per heavy atom. The Labute approximate surface area is 120 Å². The van der Waals surface area contributed by atoms with E-state index in [0.717, 1.165) is 4.88 Å². The Balaban J connectivity index is 2.19. The molecular weight excluding hydrogens is 308 g/mol. The van der Waals surface area contributed by atoms with E-state index in [-0.39, 0.29) is 18.2 Å². The summed E-state index contributed by atoms with van der Waals surface area (Å²) in [7, 11) is -2.15. The maximum Gasteiger partial charge on any atom is 0.276 e. The lowest BCUT2D eigenvalue weighted by molar-refractivity contribution is 0.388. The van der Waals surface area contributed by atoms with Gasteiger partial charge in [0.05, 0.1) is 10.9 Å². The molecule has 2 aromatic rings. The smallest absolute Gasteiger partial charge is 0.276 e. The molecule has 0 atom stereocenters. The number of hydrogen-bond acceptors (Lipinski definition) is 5. The predicted molar refractivity (Wildman–Crippen MR) is 74.6 cm³/mol. The maximum atomic E-state index is 12.2. The topological polar surface area (TPSA) is 76.5 Å². The van der Waals surface area contributed by atoms with Crippen LogP contribution in [0.15, 0.2) is 33.8 Å². The molecule has 0 radical (unpaired) electrons. The largest absolute Gasteiger partial charge is 0.447 e. The third-order valence-electron chi connectivity index (χ3n) is 2.51. The van der Waals surface area contributed by atoms with Crippen molar-refractivity contribution in [1.82, 2.24) is 4.31 Å². The highest BCUT2D eigenvalue weighted by molar-refractivity contribution is 7.88. The second-order valence-corrected chi connectivity index (χ2v) is 7.67. The molecule has 0 saturated carbocycles. The first-order chi connectivity index (χ1) is 8.93. The zero-order valence-electron chi connectivity index (χ0n) is 10.2. The first-order valence-electron chi connectivity index (χ1n) is 5.43. The molecule has 8 heteroatoms. The minimum absolute atomic E-state index is 0.0990. The van der Waals surface area contributed by atoms with Crippen LogP contribution in [0, 0.1) is 0 Å². The van der Waals surface area contributed by atoms with E-state index in [2.05, 4.69) is 0 Å². The maximum absolute atomic E-state index is 12.2. The Morgan fingerprint density at radius 1 is 1.37 bits per heavy atom. The molecular formula is C11H13ClN2O3S2. The van der Waals surface area contributed by atoms with E-state index in [1.165, 1.54) is 28.8 Å². The normalized spacial score (nSPS) is 12.2. The monoisotopic (exact) mass is 320 g/mol. The van der Waals surface area contributed by atoms with E-state index < -0.39 is 10.0 Å². The third-order valence-corrected chi connectivity index (χ3v) is 5.40. The van der Waals surface area contributed by atoms with E-state index in [0.29, 0.717) is 10.1 Å². The number of halogens is 1. The summed E-state index contributed by atoms with van der Waals surface area (Å²) in [4.78, 5) is 0.863. The van der Waals surface area contributed by atoms with Crippen molar-refractivity contribution >= 4 is 33.0 Å². The van der Waals surface area contributed by atoms with Gasteiger partial charge in [-0.2, -0.15) is 4.31 Å². The number of thiophene rings is 1. The minimum Gasteiger partial charge on any atom is -0.447 e. The molecule has 0 aliphatic heterocycles. The molecule has 2 rings (SSSR count). The highest BCUT2D eigenvalue weighted by Crippen LogP contribution is 2.25. The van der Waals surface area contributed by atoms with Crippen LogP contribution in [-0.2, 0) is 23.1 Å². The summed E-state index contributed by atoms with van der Waals surface area (Å²) < 4.78 is 31.5.